The fourth-order valence-corrected chi connectivity index (χ4v) is 2.44. The summed E-state index contributed by atoms with van der Waals surface area (Å²) >= 11 is 0. The average Bonchev–Trinajstić information content (AvgIpc) is 2.37. The van der Waals surface area contributed by atoms with E-state index in [9.17, 15) is 13.5 Å². The lowest BCUT2D eigenvalue weighted by atomic mass is 10.1. The molecule has 1 N–H and O–H groups in total. The van der Waals surface area contributed by atoms with Gasteiger partial charge in [0.05, 0.1) is 23.6 Å². The van der Waals surface area contributed by atoms with Gasteiger partial charge < -0.3 is 5.11 Å². The third-order valence-corrected chi connectivity index (χ3v) is 4.23. The van der Waals surface area contributed by atoms with Gasteiger partial charge >= 0.3 is 0 Å². The first-order valence-electron chi connectivity index (χ1n) is 6.34. The van der Waals surface area contributed by atoms with Crippen LogP contribution in [0.15, 0.2) is 29.2 Å². The number of hydrogen-bond donors (Lipinski definition) is 1. The molecular formula is C14H20N2O3S. The van der Waals surface area contributed by atoms with Crippen molar-refractivity contribution in [2.45, 2.75) is 30.9 Å². The SMILES string of the molecule is CC(C)N(CC#N)CC(O)c1ccc(S(C)(=O)=O)cc1. The summed E-state index contributed by atoms with van der Waals surface area (Å²) in [5, 5.41) is 18.9. The van der Waals surface area contributed by atoms with Crippen molar-refractivity contribution >= 4 is 9.84 Å². The molecule has 1 atom stereocenters. The normalized spacial score (nSPS) is 13.4. The molecule has 0 bridgehead atoms. The van der Waals surface area contributed by atoms with Crippen LogP contribution in [-0.2, 0) is 9.84 Å². The fraction of sp³-hybridized carbons (Fsp3) is 0.500. The molecule has 0 saturated heterocycles. The van der Waals surface area contributed by atoms with Crippen LogP contribution >= 0.6 is 0 Å². The molecule has 1 aromatic rings. The Morgan fingerprint density at radius 1 is 1.30 bits per heavy atom. The van der Waals surface area contributed by atoms with Crippen LogP contribution in [0.25, 0.3) is 0 Å². The zero-order valence-corrected chi connectivity index (χ0v) is 12.8. The van der Waals surface area contributed by atoms with Crippen molar-refractivity contribution in [3.8, 4) is 6.07 Å². The average molecular weight is 296 g/mol. The molecule has 0 heterocycles. The summed E-state index contributed by atoms with van der Waals surface area (Å²) < 4.78 is 22.7. The van der Waals surface area contributed by atoms with Crippen molar-refractivity contribution in [1.29, 1.82) is 5.26 Å². The predicted octanol–water partition coefficient (Wildman–Crippen LogP) is 1.36. The van der Waals surface area contributed by atoms with E-state index in [1.54, 1.807) is 12.1 Å². The summed E-state index contributed by atoms with van der Waals surface area (Å²) in [7, 11) is -3.23. The Kier molecular flexibility index (Phi) is 5.69. The topological polar surface area (TPSA) is 81.4 Å². The van der Waals surface area contributed by atoms with E-state index in [0.29, 0.717) is 12.1 Å². The second kappa shape index (κ2) is 6.84. The van der Waals surface area contributed by atoms with Gasteiger partial charge in [0.25, 0.3) is 0 Å². The molecule has 5 nitrogen and oxygen atoms in total. The maximum atomic E-state index is 11.4. The van der Waals surface area contributed by atoms with Gasteiger partial charge in [0.1, 0.15) is 0 Å². The lowest BCUT2D eigenvalue weighted by Gasteiger charge is -2.26. The molecule has 110 valence electrons. The van der Waals surface area contributed by atoms with Crippen molar-refractivity contribution in [1.82, 2.24) is 4.90 Å². The number of sulfone groups is 1. The van der Waals surface area contributed by atoms with Crippen LogP contribution in [0, 0.1) is 11.3 Å². The van der Waals surface area contributed by atoms with E-state index in [2.05, 4.69) is 6.07 Å². The van der Waals surface area contributed by atoms with Gasteiger partial charge in [-0.05, 0) is 31.5 Å². The molecule has 0 aliphatic carbocycles. The van der Waals surface area contributed by atoms with Crippen LogP contribution in [0.2, 0.25) is 0 Å². The Morgan fingerprint density at radius 3 is 2.25 bits per heavy atom. The first-order chi connectivity index (χ1) is 9.25. The summed E-state index contributed by atoms with van der Waals surface area (Å²) in [6.07, 6.45) is 0.394. The van der Waals surface area contributed by atoms with Crippen LogP contribution in [-0.4, -0.2) is 43.8 Å². The minimum Gasteiger partial charge on any atom is -0.387 e. The van der Waals surface area contributed by atoms with E-state index in [1.165, 1.54) is 12.1 Å². The molecule has 1 unspecified atom stereocenters. The number of aliphatic hydroxyl groups excluding tert-OH is 1. The van der Waals surface area contributed by atoms with E-state index < -0.39 is 15.9 Å². The highest BCUT2D eigenvalue weighted by molar-refractivity contribution is 7.90. The molecule has 6 heteroatoms. The highest BCUT2D eigenvalue weighted by atomic mass is 32.2. The molecule has 0 aliphatic heterocycles. The van der Waals surface area contributed by atoms with E-state index in [1.807, 2.05) is 18.7 Å². The predicted molar refractivity (Wildman–Crippen MR) is 76.8 cm³/mol. The first-order valence-corrected chi connectivity index (χ1v) is 8.24. The van der Waals surface area contributed by atoms with Gasteiger partial charge in [-0.3, -0.25) is 4.90 Å². The van der Waals surface area contributed by atoms with Crippen molar-refractivity contribution in [3.05, 3.63) is 29.8 Å². The minimum absolute atomic E-state index is 0.152. The third kappa shape index (κ3) is 4.60. The van der Waals surface area contributed by atoms with Crippen molar-refractivity contribution in [3.63, 3.8) is 0 Å². The number of nitrogens with zero attached hydrogens (tertiary/aromatic N) is 2. The second-order valence-electron chi connectivity index (χ2n) is 5.04. The van der Waals surface area contributed by atoms with E-state index in [0.717, 1.165) is 6.26 Å². The standard InChI is InChI=1S/C14H20N2O3S/c1-11(2)16(9-8-15)10-14(17)12-4-6-13(7-5-12)20(3,18)19/h4-7,11,14,17H,9-10H2,1-3H3. The Bertz CT molecular complexity index is 573. The Labute approximate surface area is 120 Å². The molecular weight excluding hydrogens is 276 g/mol. The molecule has 1 aromatic carbocycles. The smallest absolute Gasteiger partial charge is 0.175 e. The van der Waals surface area contributed by atoms with Crippen molar-refractivity contribution in [2.24, 2.45) is 0 Å². The van der Waals surface area contributed by atoms with E-state index in [4.69, 9.17) is 5.26 Å². The zero-order valence-electron chi connectivity index (χ0n) is 11.9. The summed E-state index contributed by atoms with van der Waals surface area (Å²) in [5.41, 5.74) is 0.640. The monoisotopic (exact) mass is 296 g/mol. The van der Waals surface area contributed by atoms with Crippen LogP contribution < -0.4 is 0 Å². The van der Waals surface area contributed by atoms with Gasteiger partial charge in [-0.15, -0.1) is 0 Å². The molecule has 0 aliphatic rings. The largest absolute Gasteiger partial charge is 0.387 e. The summed E-state index contributed by atoms with van der Waals surface area (Å²) in [6, 6.07) is 8.40. The van der Waals surface area contributed by atoms with Gasteiger partial charge in [0.15, 0.2) is 9.84 Å². The van der Waals surface area contributed by atoms with E-state index >= 15 is 0 Å². The maximum Gasteiger partial charge on any atom is 0.175 e. The van der Waals surface area contributed by atoms with Crippen LogP contribution in [0.1, 0.15) is 25.5 Å². The zero-order chi connectivity index (χ0) is 15.3. The fourth-order valence-electron chi connectivity index (χ4n) is 1.81. The lowest BCUT2D eigenvalue weighted by Crippen LogP contribution is -2.35. The summed E-state index contributed by atoms with van der Waals surface area (Å²) in [6.45, 7) is 4.49. The van der Waals surface area contributed by atoms with Gasteiger partial charge in [-0.25, -0.2) is 8.42 Å². The third-order valence-electron chi connectivity index (χ3n) is 3.10. The summed E-state index contributed by atoms with van der Waals surface area (Å²) in [5.74, 6) is 0. The number of aliphatic hydroxyl groups is 1. The highest BCUT2D eigenvalue weighted by Crippen LogP contribution is 2.18. The van der Waals surface area contributed by atoms with Gasteiger partial charge in [0, 0.05) is 18.8 Å². The number of rotatable bonds is 6. The molecule has 1 rings (SSSR count). The lowest BCUT2D eigenvalue weighted by molar-refractivity contribution is 0.104. The first kappa shape index (κ1) is 16.6. The highest BCUT2D eigenvalue weighted by Gasteiger charge is 2.16. The molecule has 0 spiro atoms. The Hall–Kier alpha value is -1.42. The molecule has 20 heavy (non-hydrogen) atoms. The molecule has 0 aromatic heterocycles. The van der Waals surface area contributed by atoms with E-state index in [-0.39, 0.29) is 17.5 Å². The number of benzene rings is 1. The van der Waals surface area contributed by atoms with Crippen LogP contribution in [0.4, 0.5) is 0 Å². The molecule has 0 fully saturated rings. The molecule has 0 amide bonds. The van der Waals surface area contributed by atoms with Crippen LogP contribution in [0.3, 0.4) is 0 Å². The van der Waals surface area contributed by atoms with Crippen molar-refractivity contribution in [2.75, 3.05) is 19.3 Å². The molecule has 0 saturated carbocycles. The second-order valence-corrected chi connectivity index (χ2v) is 7.05. The number of nitriles is 1. The Morgan fingerprint density at radius 2 is 1.85 bits per heavy atom. The maximum absolute atomic E-state index is 11.4. The molecule has 0 radical (unpaired) electrons. The quantitative estimate of drug-likeness (QED) is 0.802. The minimum atomic E-state index is -3.23. The van der Waals surface area contributed by atoms with Crippen molar-refractivity contribution < 1.29 is 13.5 Å². The van der Waals surface area contributed by atoms with Crippen LogP contribution in [0.5, 0.6) is 0 Å². The van der Waals surface area contributed by atoms with Gasteiger partial charge in [0.2, 0.25) is 0 Å². The van der Waals surface area contributed by atoms with Gasteiger partial charge in [-0.2, -0.15) is 5.26 Å². The van der Waals surface area contributed by atoms with Gasteiger partial charge in [-0.1, -0.05) is 12.1 Å². The summed E-state index contributed by atoms with van der Waals surface area (Å²) in [4.78, 5) is 2.08. The Balaban J connectivity index is 2.82. The number of hydrogen-bond acceptors (Lipinski definition) is 5.